The van der Waals surface area contributed by atoms with E-state index in [4.69, 9.17) is 10.5 Å². The Kier molecular flexibility index (Phi) is 2.57. The Morgan fingerprint density at radius 1 is 1.44 bits per heavy atom. The minimum Gasteiger partial charge on any atom is -0.461 e. The highest BCUT2D eigenvalue weighted by Crippen LogP contribution is 2.66. The summed E-state index contributed by atoms with van der Waals surface area (Å²) in [6.45, 7) is 8.57. The molecule has 2 aliphatic carbocycles. The van der Waals surface area contributed by atoms with Gasteiger partial charge in [-0.3, -0.25) is 4.79 Å². The number of esters is 1. The van der Waals surface area contributed by atoms with Crippen molar-refractivity contribution < 1.29 is 9.53 Å². The molecule has 0 saturated heterocycles. The molecule has 92 valence electrons. The summed E-state index contributed by atoms with van der Waals surface area (Å²) in [6, 6.07) is -0.508. The van der Waals surface area contributed by atoms with Crippen LogP contribution in [0.5, 0.6) is 0 Å². The van der Waals surface area contributed by atoms with Crippen molar-refractivity contribution in [1.29, 1.82) is 0 Å². The molecule has 0 aliphatic heterocycles. The van der Waals surface area contributed by atoms with E-state index >= 15 is 0 Å². The number of carbonyl (C=O) groups excluding carboxylic acids is 1. The molecule has 2 bridgehead atoms. The van der Waals surface area contributed by atoms with Gasteiger partial charge in [0.05, 0.1) is 0 Å². The van der Waals surface area contributed by atoms with Gasteiger partial charge in [-0.25, -0.2) is 0 Å². The van der Waals surface area contributed by atoms with E-state index in [0.29, 0.717) is 5.92 Å². The summed E-state index contributed by atoms with van der Waals surface area (Å²) in [7, 11) is 0. The van der Waals surface area contributed by atoms with E-state index in [0.717, 1.165) is 6.42 Å². The zero-order chi connectivity index (χ0) is 12.1. The summed E-state index contributed by atoms with van der Waals surface area (Å²) in [4.78, 5) is 11.6. The first-order chi connectivity index (χ1) is 7.29. The fourth-order valence-electron chi connectivity index (χ4n) is 3.56. The Morgan fingerprint density at radius 2 is 2.06 bits per heavy atom. The first kappa shape index (κ1) is 11.9. The predicted octanol–water partition coefficient (Wildman–Crippen LogP) is 2.09. The lowest BCUT2D eigenvalue weighted by molar-refractivity contribution is -0.158. The fourth-order valence-corrected chi connectivity index (χ4v) is 3.56. The van der Waals surface area contributed by atoms with Gasteiger partial charge in [0.1, 0.15) is 12.1 Å². The summed E-state index contributed by atoms with van der Waals surface area (Å²) in [5, 5.41) is 0. The van der Waals surface area contributed by atoms with E-state index in [1.807, 2.05) is 0 Å². The third-order valence-corrected chi connectivity index (χ3v) is 5.34. The van der Waals surface area contributed by atoms with E-state index in [9.17, 15) is 4.79 Å². The van der Waals surface area contributed by atoms with Crippen LogP contribution in [0.1, 0.15) is 47.0 Å². The van der Waals surface area contributed by atoms with E-state index in [-0.39, 0.29) is 22.9 Å². The molecule has 4 atom stereocenters. The highest BCUT2D eigenvalue weighted by atomic mass is 16.5. The second-order valence-corrected chi connectivity index (χ2v) is 6.32. The quantitative estimate of drug-likeness (QED) is 0.732. The molecule has 16 heavy (non-hydrogen) atoms. The second-order valence-electron chi connectivity index (χ2n) is 6.32. The van der Waals surface area contributed by atoms with Crippen LogP contribution >= 0.6 is 0 Å². The molecule has 3 nitrogen and oxygen atoms in total. The van der Waals surface area contributed by atoms with Gasteiger partial charge in [-0.05, 0) is 37.5 Å². The second kappa shape index (κ2) is 3.46. The van der Waals surface area contributed by atoms with Gasteiger partial charge in [0, 0.05) is 5.41 Å². The van der Waals surface area contributed by atoms with Crippen molar-refractivity contribution in [3.05, 3.63) is 0 Å². The number of ether oxygens (including phenoxy) is 1. The van der Waals surface area contributed by atoms with Crippen molar-refractivity contribution in [3.8, 4) is 0 Å². The molecule has 0 aromatic heterocycles. The van der Waals surface area contributed by atoms with E-state index in [1.54, 1.807) is 6.92 Å². The molecule has 0 amide bonds. The van der Waals surface area contributed by atoms with Crippen molar-refractivity contribution in [2.45, 2.75) is 59.1 Å². The van der Waals surface area contributed by atoms with Crippen LogP contribution in [0.15, 0.2) is 0 Å². The molecule has 0 aromatic carbocycles. The lowest BCUT2D eigenvalue weighted by Gasteiger charge is -2.38. The zero-order valence-electron chi connectivity index (χ0n) is 10.7. The summed E-state index contributed by atoms with van der Waals surface area (Å²) in [6.07, 6.45) is 3.53. The van der Waals surface area contributed by atoms with Crippen LogP contribution < -0.4 is 5.73 Å². The Bertz CT molecular complexity index is 311. The topological polar surface area (TPSA) is 52.3 Å². The minimum absolute atomic E-state index is 0.0692. The average Bonchev–Trinajstić information content (AvgIpc) is 2.50. The molecule has 0 spiro atoms. The highest BCUT2D eigenvalue weighted by Gasteiger charge is 2.62. The maximum atomic E-state index is 11.6. The van der Waals surface area contributed by atoms with Crippen molar-refractivity contribution in [1.82, 2.24) is 0 Å². The third-order valence-electron chi connectivity index (χ3n) is 5.34. The van der Waals surface area contributed by atoms with Gasteiger partial charge in [-0.15, -0.1) is 0 Å². The van der Waals surface area contributed by atoms with Crippen molar-refractivity contribution in [2.75, 3.05) is 0 Å². The fraction of sp³-hybridized carbons (Fsp3) is 0.923. The number of carbonyl (C=O) groups is 1. The van der Waals surface area contributed by atoms with E-state index in [1.165, 1.54) is 12.8 Å². The SMILES string of the molecule is C[C@@H](N)C(=O)O[C@@H]1C[C@@H]2CC[C@@]1(C)C2(C)C. The number of hydrogen-bond donors (Lipinski definition) is 1. The Morgan fingerprint density at radius 3 is 2.44 bits per heavy atom. The van der Waals surface area contributed by atoms with Crippen LogP contribution in [0.4, 0.5) is 0 Å². The molecule has 0 aromatic rings. The monoisotopic (exact) mass is 225 g/mol. The van der Waals surface area contributed by atoms with E-state index in [2.05, 4.69) is 20.8 Å². The highest BCUT2D eigenvalue weighted by molar-refractivity contribution is 5.75. The molecular weight excluding hydrogens is 202 g/mol. The largest absolute Gasteiger partial charge is 0.461 e. The first-order valence-corrected chi connectivity index (χ1v) is 6.25. The van der Waals surface area contributed by atoms with Crippen LogP contribution in [0.2, 0.25) is 0 Å². The zero-order valence-corrected chi connectivity index (χ0v) is 10.7. The molecular formula is C13H23NO2. The van der Waals surface area contributed by atoms with Gasteiger partial charge in [0.25, 0.3) is 0 Å². The lowest BCUT2D eigenvalue weighted by Crippen LogP contribution is -2.41. The Labute approximate surface area is 97.7 Å². The van der Waals surface area contributed by atoms with Gasteiger partial charge in [0.2, 0.25) is 0 Å². The lowest BCUT2D eigenvalue weighted by atomic mass is 9.70. The standard InChI is InChI=1S/C13H23NO2/c1-8(14)11(15)16-10-7-9-5-6-13(10,4)12(9,2)3/h8-10H,5-7,14H2,1-4H3/t8-,9+,10-,13-/m1/s1. The molecule has 2 saturated carbocycles. The van der Waals surface area contributed by atoms with Gasteiger partial charge < -0.3 is 10.5 Å². The van der Waals surface area contributed by atoms with Gasteiger partial charge >= 0.3 is 5.97 Å². The number of fused-ring (bicyclic) bond motifs is 2. The van der Waals surface area contributed by atoms with Crippen molar-refractivity contribution >= 4 is 5.97 Å². The van der Waals surface area contributed by atoms with E-state index < -0.39 is 6.04 Å². The average molecular weight is 225 g/mol. The summed E-state index contributed by atoms with van der Waals surface area (Å²) in [5.41, 5.74) is 5.98. The summed E-state index contributed by atoms with van der Waals surface area (Å²) in [5.74, 6) is 0.443. The number of nitrogens with two attached hydrogens (primary N) is 1. The molecule has 0 unspecified atom stereocenters. The van der Waals surface area contributed by atoms with Crippen molar-refractivity contribution in [3.63, 3.8) is 0 Å². The van der Waals surface area contributed by atoms with Crippen LogP contribution in [0.3, 0.4) is 0 Å². The molecule has 3 heteroatoms. The van der Waals surface area contributed by atoms with Crippen LogP contribution in [0.25, 0.3) is 0 Å². The Balaban J connectivity index is 2.13. The minimum atomic E-state index is -0.508. The maximum absolute atomic E-state index is 11.6. The van der Waals surface area contributed by atoms with Crippen molar-refractivity contribution in [2.24, 2.45) is 22.5 Å². The van der Waals surface area contributed by atoms with Crippen LogP contribution in [-0.2, 0) is 9.53 Å². The Hall–Kier alpha value is -0.570. The molecule has 2 aliphatic rings. The summed E-state index contributed by atoms with van der Waals surface area (Å²) < 4.78 is 5.58. The van der Waals surface area contributed by atoms with Crippen LogP contribution in [-0.4, -0.2) is 18.1 Å². The first-order valence-electron chi connectivity index (χ1n) is 6.25. The third kappa shape index (κ3) is 1.41. The number of rotatable bonds is 2. The predicted molar refractivity (Wildman–Crippen MR) is 62.8 cm³/mol. The van der Waals surface area contributed by atoms with Gasteiger partial charge in [0.15, 0.2) is 0 Å². The van der Waals surface area contributed by atoms with Gasteiger partial charge in [-0.2, -0.15) is 0 Å². The molecule has 0 heterocycles. The smallest absolute Gasteiger partial charge is 0.322 e. The van der Waals surface area contributed by atoms with Crippen LogP contribution in [0, 0.1) is 16.7 Å². The molecule has 0 radical (unpaired) electrons. The summed E-state index contributed by atoms with van der Waals surface area (Å²) >= 11 is 0. The molecule has 2 fully saturated rings. The molecule has 2 N–H and O–H groups in total. The van der Waals surface area contributed by atoms with Gasteiger partial charge in [-0.1, -0.05) is 20.8 Å². The molecule has 2 rings (SSSR count). The maximum Gasteiger partial charge on any atom is 0.322 e. The normalized spacial score (nSPS) is 42.1. The number of hydrogen-bond acceptors (Lipinski definition) is 3.